The molecule has 1 heterocycles. The van der Waals surface area contributed by atoms with Crippen LogP contribution in [0.1, 0.15) is 43.7 Å². The lowest BCUT2D eigenvalue weighted by Gasteiger charge is -2.37. The topological polar surface area (TPSA) is 55.8 Å². The number of hydrogen-bond acceptors (Lipinski definition) is 4. The molecule has 0 radical (unpaired) electrons. The molecule has 3 rings (SSSR count). The molecular formula is C27H33NO4. The minimum absolute atomic E-state index is 0.0407. The molecule has 170 valence electrons. The number of nitrogens with zero attached hydrogens (tertiary/aromatic N) is 1. The van der Waals surface area contributed by atoms with Crippen molar-refractivity contribution >= 4 is 11.9 Å². The van der Waals surface area contributed by atoms with Gasteiger partial charge in [0.25, 0.3) is 0 Å². The van der Waals surface area contributed by atoms with Gasteiger partial charge < -0.3 is 14.4 Å². The molecule has 2 atom stereocenters. The van der Waals surface area contributed by atoms with E-state index >= 15 is 0 Å². The normalized spacial score (nSPS) is 17.3. The molecule has 1 fully saturated rings. The third kappa shape index (κ3) is 7.65. The average Bonchev–Trinajstić information content (AvgIpc) is 2.85. The number of benzene rings is 2. The van der Waals surface area contributed by atoms with Gasteiger partial charge in [-0.25, -0.2) is 4.79 Å². The molecule has 1 saturated heterocycles. The Morgan fingerprint density at radius 1 is 1.00 bits per heavy atom. The maximum Gasteiger partial charge on any atom is 0.410 e. The van der Waals surface area contributed by atoms with E-state index in [-0.39, 0.29) is 30.4 Å². The van der Waals surface area contributed by atoms with E-state index in [1.165, 1.54) is 0 Å². The van der Waals surface area contributed by atoms with E-state index in [2.05, 4.69) is 6.92 Å². The molecule has 0 saturated carbocycles. The molecule has 0 unspecified atom stereocenters. The van der Waals surface area contributed by atoms with Gasteiger partial charge in [-0.1, -0.05) is 73.7 Å². The van der Waals surface area contributed by atoms with Gasteiger partial charge in [0.15, 0.2) is 5.78 Å². The Morgan fingerprint density at radius 2 is 1.66 bits per heavy atom. The lowest BCUT2D eigenvalue weighted by molar-refractivity contribution is -0.115. The Bertz CT molecular complexity index is 866. The number of carbonyl (C=O) groups excluding carboxylic acids is 2. The van der Waals surface area contributed by atoms with Crippen LogP contribution in [0.2, 0.25) is 0 Å². The summed E-state index contributed by atoms with van der Waals surface area (Å²) in [7, 11) is 0. The molecule has 32 heavy (non-hydrogen) atoms. The highest BCUT2D eigenvalue weighted by molar-refractivity contribution is 5.89. The highest BCUT2D eigenvalue weighted by Gasteiger charge is 2.30. The fraction of sp³-hybridized carbons (Fsp3) is 0.407. The van der Waals surface area contributed by atoms with E-state index in [4.69, 9.17) is 9.47 Å². The number of allylic oxidation sites excluding steroid dienone is 1. The summed E-state index contributed by atoms with van der Waals surface area (Å²) in [5.74, 6) is 0.118. The first-order valence-corrected chi connectivity index (χ1v) is 11.4. The van der Waals surface area contributed by atoms with Gasteiger partial charge in [-0.3, -0.25) is 4.79 Å². The van der Waals surface area contributed by atoms with Gasteiger partial charge in [0.05, 0.1) is 13.2 Å². The number of ether oxygens (including phenoxy) is 2. The van der Waals surface area contributed by atoms with E-state index in [0.717, 1.165) is 30.4 Å². The summed E-state index contributed by atoms with van der Waals surface area (Å²) < 4.78 is 11.2. The highest BCUT2D eigenvalue weighted by Crippen LogP contribution is 2.25. The Balaban J connectivity index is 1.43. The summed E-state index contributed by atoms with van der Waals surface area (Å²) in [5, 5.41) is 0. The van der Waals surface area contributed by atoms with Gasteiger partial charge in [-0.2, -0.15) is 0 Å². The fourth-order valence-electron chi connectivity index (χ4n) is 3.94. The zero-order chi connectivity index (χ0) is 22.6. The summed E-state index contributed by atoms with van der Waals surface area (Å²) >= 11 is 0. The molecule has 0 aromatic heterocycles. The van der Waals surface area contributed by atoms with Crippen LogP contribution in [-0.4, -0.2) is 36.0 Å². The largest absolute Gasteiger partial charge is 0.445 e. The summed E-state index contributed by atoms with van der Waals surface area (Å²) in [6.07, 6.45) is 6.60. The van der Waals surface area contributed by atoms with Crippen molar-refractivity contribution in [1.29, 1.82) is 0 Å². The second-order valence-corrected chi connectivity index (χ2v) is 8.27. The van der Waals surface area contributed by atoms with Crippen LogP contribution in [0.4, 0.5) is 4.79 Å². The monoisotopic (exact) mass is 435 g/mol. The van der Waals surface area contributed by atoms with Crippen LogP contribution in [0.15, 0.2) is 72.8 Å². The Labute approximate surface area is 191 Å². The van der Waals surface area contributed by atoms with Crippen LogP contribution in [-0.2, 0) is 27.5 Å². The Hall–Kier alpha value is -2.92. The predicted molar refractivity (Wildman–Crippen MR) is 125 cm³/mol. The Morgan fingerprint density at radius 3 is 2.34 bits per heavy atom. The lowest BCUT2D eigenvalue weighted by Crippen LogP contribution is -2.46. The summed E-state index contributed by atoms with van der Waals surface area (Å²) in [5.41, 5.74) is 2.07. The summed E-state index contributed by atoms with van der Waals surface area (Å²) in [4.78, 5) is 26.8. The molecule has 0 aliphatic carbocycles. The van der Waals surface area contributed by atoms with Gasteiger partial charge in [-0.15, -0.1) is 0 Å². The van der Waals surface area contributed by atoms with E-state index < -0.39 is 0 Å². The van der Waals surface area contributed by atoms with Gasteiger partial charge in [0.2, 0.25) is 0 Å². The molecule has 0 N–H and O–H groups in total. The van der Waals surface area contributed by atoms with Gasteiger partial charge in [-0.05, 0) is 42.4 Å². The third-order valence-corrected chi connectivity index (χ3v) is 5.79. The van der Waals surface area contributed by atoms with Crippen LogP contribution in [0, 0.1) is 5.92 Å². The molecule has 1 amide bonds. The van der Waals surface area contributed by atoms with Crippen molar-refractivity contribution in [1.82, 2.24) is 4.90 Å². The molecular weight excluding hydrogens is 402 g/mol. The maximum absolute atomic E-state index is 12.7. The second-order valence-electron chi connectivity index (χ2n) is 8.27. The number of hydrogen-bond donors (Lipinski definition) is 0. The lowest BCUT2D eigenvalue weighted by atomic mass is 9.91. The van der Waals surface area contributed by atoms with Crippen molar-refractivity contribution in [2.24, 2.45) is 5.92 Å². The van der Waals surface area contributed by atoms with Gasteiger partial charge in [0, 0.05) is 19.0 Å². The smallest absolute Gasteiger partial charge is 0.410 e. The first-order valence-electron chi connectivity index (χ1n) is 11.4. The molecule has 1 aliphatic heterocycles. The van der Waals surface area contributed by atoms with Gasteiger partial charge >= 0.3 is 6.09 Å². The van der Waals surface area contributed by atoms with Crippen LogP contribution in [0.25, 0.3) is 0 Å². The maximum atomic E-state index is 12.7. The first-order chi connectivity index (χ1) is 15.6. The highest BCUT2D eigenvalue weighted by atomic mass is 16.6. The van der Waals surface area contributed by atoms with Crippen molar-refractivity contribution < 1.29 is 19.1 Å². The number of carbonyl (C=O) groups is 2. The standard InChI is InChI=1S/C27H33NO4/c1-22(15-16-25(29)17-19-31-20-23-10-4-2-5-11-23)26-14-8-9-18-28(26)27(30)32-21-24-12-6-3-7-13-24/h2-7,10-13,15-16,22,26H,8-9,14,17-21H2,1H3/b16-15+/t22-,26+/m1/s1. The zero-order valence-corrected chi connectivity index (χ0v) is 18.8. The third-order valence-electron chi connectivity index (χ3n) is 5.79. The predicted octanol–water partition coefficient (Wildman–Crippen LogP) is 5.55. The van der Waals surface area contributed by atoms with Gasteiger partial charge in [0.1, 0.15) is 6.61 Å². The van der Waals surface area contributed by atoms with Crippen molar-refractivity contribution in [3.63, 3.8) is 0 Å². The van der Waals surface area contributed by atoms with Crippen molar-refractivity contribution in [3.8, 4) is 0 Å². The molecule has 2 aromatic carbocycles. The molecule has 2 aromatic rings. The molecule has 5 heteroatoms. The fourth-order valence-corrected chi connectivity index (χ4v) is 3.94. The van der Waals surface area contributed by atoms with Crippen molar-refractivity contribution in [2.45, 2.75) is 51.9 Å². The number of likely N-dealkylation sites (tertiary alicyclic amines) is 1. The number of rotatable bonds is 10. The summed E-state index contributed by atoms with van der Waals surface area (Å²) in [6, 6.07) is 19.7. The van der Waals surface area contributed by atoms with E-state index in [9.17, 15) is 9.59 Å². The number of piperidine rings is 1. The van der Waals surface area contributed by atoms with Crippen LogP contribution in [0.5, 0.6) is 0 Å². The molecule has 1 aliphatic rings. The summed E-state index contributed by atoms with van der Waals surface area (Å²) in [6.45, 7) is 3.93. The molecule has 0 spiro atoms. The van der Waals surface area contributed by atoms with E-state index in [1.54, 1.807) is 6.08 Å². The minimum Gasteiger partial charge on any atom is -0.445 e. The quantitative estimate of drug-likeness (QED) is 0.363. The SMILES string of the molecule is C[C@H](/C=C/C(=O)CCOCc1ccccc1)[C@@H]1CCCCN1C(=O)OCc1ccccc1. The number of ketones is 1. The van der Waals surface area contributed by atoms with Crippen molar-refractivity contribution in [2.75, 3.05) is 13.2 Å². The average molecular weight is 436 g/mol. The Kier molecular flexibility index (Phi) is 9.51. The number of amides is 1. The van der Waals surface area contributed by atoms with Crippen molar-refractivity contribution in [3.05, 3.63) is 83.9 Å². The zero-order valence-electron chi connectivity index (χ0n) is 18.8. The minimum atomic E-state index is -0.278. The van der Waals surface area contributed by atoms with Crippen LogP contribution < -0.4 is 0 Å². The second kappa shape index (κ2) is 12.8. The molecule has 0 bridgehead atoms. The molecule has 5 nitrogen and oxygen atoms in total. The van der Waals surface area contributed by atoms with Crippen LogP contribution in [0.3, 0.4) is 0 Å². The first kappa shape index (κ1) is 23.7. The van der Waals surface area contributed by atoms with Crippen LogP contribution >= 0.6 is 0 Å². The van der Waals surface area contributed by atoms with E-state index in [0.29, 0.717) is 26.2 Å². The van der Waals surface area contributed by atoms with E-state index in [1.807, 2.05) is 71.6 Å².